The Morgan fingerprint density at radius 3 is 2.71 bits per heavy atom. The van der Waals surface area contributed by atoms with Crippen LogP contribution in [0.25, 0.3) is 5.69 Å². The van der Waals surface area contributed by atoms with E-state index in [9.17, 15) is 9.59 Å². The maximum absolute atomic E-state index is 13.0. The summed E-state index contributed by atoms with van der Waals surface area (Å²) in [5, 5.41) is 8.07. The summed E-state index contributed by atoms with van der Waals surface area (Å²) < 4.78 is 1.71. The predicted octanol–water partition coefficient (Wildman–Crippen LogP) is 3.93. The monoisotopic (exact) mass is 421 g/mol. The molecule has 28 heavy (non-hydrogen) atoms. The SMILES string of the molecule is C=C=CC1CCCC(N(CC)C(=O)n2nnn(-c3c(Cl)cccc3Cl)c2=O)C1. The van der Waals surface area contributed by atoms with Crippen molar-refractivity contribution in [1.82, 2.24) is 24.7 Å². The highest BCUT2D eigenvalue weighted by atomic mass is 35.5. The summed E-state index contributed by atoms with van der Waals surface area (Å²) in [5.41, 5.74) is 2.32. The van der Waals surface area contributed by atoms with E-state index < -0.39 is 11.7 Å². The third kappa shape index (κ3) is 3.92. The van der Waals surface area contributed by atoms with Crippen molar-refractivity contribution >= 4 is 29.2 Å². The Kier molecular flexibility index (Phi) is 6.39. The molecule has 1 saturated carbocycles. The third-order valence-corrected chi connectivity index (χ3v) is 5.59. The molecule has 1 fully saturated rings. The maximum atomic E-state index is 13.0. The van der Waals surface area contributed by atoms with Gasteiger partial charge in [0.15, 0.2) is 0 Å². The summed E-state index contributed by atoms with van der Waals surface area (Å²) in [5.74, 6) is 0.326. The van der Waals surface area contributed by atoms with Crippen LogP contribution in [0.3, 0.4) is 0 Å². The first-order chi connectivity index (χ1) is 13.5. The number of carbonyl (C=O) groups excluding carboxylic acids is 1. The average molecular weight is 422 g/mol. The van der Waals surface area contributed by atoms with Crippen molar-refractivity contribution in [2.75, 3.05) is 6.54 Å². The van der Waals surface area contributed by atoms with Gasteiger partial charge in [-0.25, -0.2) is 9.59 Å². The Labute approximate surface area is 172 Å². The summed E-state index contributed by atoms with van der Waals surface area (Å²) in [7, 11) is 0. The minimum Gasteiger partial charge on any atom is -0.320 e. The Balaban J connectivity index is 1.91. The summed E-state index contributed by atoms with van der Waals surface area (Å²) in [6.45, 7) is 5.97. The van der Waals surface area contributed by atoms with E-state index in [2.05, 4.69) is 22.7 Å². The van der Waals surface area contributed by atoms with E-state index >= 15 is 0 Å². The van der Waals surface area contributed by atoms with Crippen LogP contribution in [-0.2, 0) is 0 Å². The zero-order valence-corrected chi connectivity index (χ0v) is 17.0. The molecule has 2 aromatic rings. The van der Waals surface area contributed by atoms with Gasteiger partial charge in [0.2, 0.25) is 0 Å². The van der Waals surface area contributed by atoms with Gasteiger partial charge in [-0.1, -0.05) is 42.3 Å². The number of tetrazole rings is 1. The van der Waals surface area contributed by atoms with Crippen LogP contribution in [0, 0.1) is 5.92 Å². The highest BCUT2D eigenvalue weighted by molar-refractivity contribution is 6.37. The van der Waals surface area contributed by atoms with E-state index in [1.165, 1.54) is 0 Å². The van der Waals surface area contributed by atoms with Crippen molar-refractivity contribution in [2.45, 2.75) is 38.6 Å². The molecule has 1 aromatic heterocycles. The number of rotatable bonds is 4. The van der Waals surface area contributed by atoms with Crippen molar-refractivity contribution in [2.24, 2.45) is 5.92 Å². The summed E-state index contributed by atoms with van der Waals surface area (Å²) in [6, 6.07) is 4.34. The number of hydrogen-bond acceptors (Lipinski definition) is 4. The Bertz CT molecular complexity index is 957. The number of para-hydroxylation sites is 1. The Morgan fingerprint density at radius 2 is 2.07 bits per heavy atom. The van der Waals surface area contributed by atoms with Gasteiger partial charge in [-0.3, -0.25) is 0 Å². The van der Waals surface area contributed by atoms with E-state index in [4.69, 9.17) is 23.2 Å². The van der Waals surface area contributed by atoms with Crippen LogP contribution < -0.4 is 5.69 Å². The fourth-order valence-corrected chi connectivity index (χ4v) is 4.23. The highest BCUT2D eigenvalue weighted by Crippen LogP contribution is 2.29. The minimum atomic E-state index is -0.711. The van der Waals surface area contributed by atoms with E-state index in [1.807, 2.05) is 13.0 Å². The van der Waals surface area contributed by atoms with Crippen molar-refractivity contribution in [3.05, 3.63) is 57.1 Å². The second kappa shape index (κ2) is 8.78. The largest absolute Gasteiger partial charge is 0.377 e. The second-order valence-electron chi connectivity index (χ2n) is 6.68. The molecule has 1 aliphatic rings. The van der Waals surface area contributed by atoms with E-state index in [1.54, 1.807) is 23.1 Å². The first-order valence-corrected chi connectivity index (χ1v) is 9.89. The molecule has 3 rings (SSSR count). The molecule has 1 aromatic carbocycles. The van der Waals surface area contributed by atoms with Gasteiger partial charge in [-0.2, -0.15) is 4.68 Å². The average Bonchev–Trinajstić information content (AvgIpc) is 3.04. The molecule has 0 bridgehead atoms. The molecule has 0 N–H and O–H groups in total. The summed E-state index contributed by atoms with van der Waals surface area (Å²) >= 11 is 12.3. The molecule has 0 aliphatic heterocycles. The van der Waals surface area contributed by atoms with E-state index in [0.717, 1.165) is 35.0 Å². The van der Waals surface area contributed by atoms with Gasteiger partial charge in [-0.05, 0) is 60.7 Å². The number of halogens is 2. The Hall–Kier alpha value is -2.34. The van der Waals surface area contributed by atoms with Gasteiger partial charge in [0.25, 0.3) is 0 Å². The zero-order chi connectivity index (χ0) is 20.3. The minimum absolute atomic E-state index is 0.0156. The molecule has 0 spiro atoms. The molecule has 0 radical (unpaired) electrons. The molecule has 1 aliphatic carbocycles. The number of allylic oxidation sites excluding steroid dienone is 1. The predicted molar refractivity (Wildman–Crippen MR) is 108 cm³/mol. The number of benzene rings is 1. The van der Waals surface area contributed by atoms with Gasteiger partial charge in [-0.15, -0.1) is 10.4 Å². The first kappa shape index (κ1) is 20.4. The number of carbonyl (C=O) groups is 1. The van der Waals surface area contributed by atoms with Crippen LogP contribution in [0.15, 0.2) is 41.4 Å². The fourth-order valence-electron chi connectivity index (χ4n) is 3.67. The van der Waals surface area contributed by atoms with E-state index in [0.29, 0.717) is 12.5 Å². The van der Waals surface area contributed by atoms with Crippen molar-refractivity contribution in [3.8, 4) is 5.69 Å². The topological polar surface area (TPSA) is 73.0 Å². The third-order valence-electron chi connectivity index (χ3n) is 4.98. The molecule has 9 heteroatoms. The molecule has 0 saturated heterocycles. The Morgan fingerprint density at radius 1 is 1.36 bits per heavy atom. The molecular weight excluding hydrogens is 401 g/mol. The molecule has 1 amide bonds. The number of nitrogens with zero attached hydrogens (tertiary/aromatic N) is 5. The maximum Gasteiger partial charge on any atom is 0.377 e. The standard InChI is InChI=1S/C19H21Cl2N5O2/c1-3-7-13-8-5-9-14(12-13)24(4-2)18(27)26-19(28)25(22-23-26)17-15(20)10-6-11-16(17)21/h6-7,10-11,13-14H,1,4-5,8-9,12H2,2H3. The quantitative estimate of drug-likeness (QED) is 0.553. The molecule has 148 valence electrons. The van der Waals surface area contributed by atoms with Crippen LogP contribution in [0.2, 0.25) is 10.0 Å². The van der Waals surface area contributed by atoms with Gasteiger partial charge >= 0.3 is 11.7 Å². The zero-order valence-electron chi connectivity index (χ0n) is 15.5. The van der Waals surface area contributed by atoms with Crippen LogP contribution in [-0.4, -0.2) is 43.3 Å². The van der Waals surface area contributed by atoms with Crippen molar-refractivity contribution < 1.29 is 4.79 Å². The lowest BCUT2D eigenvalue weighted by Gasteiger charge is -2.35. The normalized spacial score (nSPS) is 19.1. The van der Waals surface area contributed by atoms with Crippen molar-refractivity contribution in [1.29, 1.82) is 0 Å². The van der Waals surface area contributed by atoms with Crippen LogP contribution in [0.1, 0.15) is 32.6 Å². The van der Waals surface area contributed by atoms with Crippen LogP contribution in [0.4, 0.5) is 4.79 Å². The van der Waals surface area contributed by atoms with Gasteiger partial charge in [0, 0.05) is 12.6 Å². The van der Waals surface area contributed by atoms with Gasteiger partial charge in [0.1, 0.15) is 5.69 Å². The lowest BCUT2D eigenvalue weighted by molar-refractivity contribution is 0.148. The summed E-state index contributed by atoms with van der Waals surface area (Å²) in [6.07, 6.45) is 5.67. The molecule has 1 heterocycles. The fraction of sp³-hybridized carbons (Fsp3) is 0.421. The highest BCUT2D eigenvalue weighted by Gasteiger charge is 2.31. The first-order valence-electron chi connectivity index (χ1n) is 9.14. The molecule has 2 unspecified atom stereocenters. The lowest BCUT2D eigenvalue weighted by Crippen LogP contribution is -2.47. The number of amides is 1. The van der Waals surface area contributed by atoms with Crippen LogP contribution >= 0.6 is 23.2 Å². The van der Waals surface area contributed by atoms with E-state index in [-0.39, 0.29) is 21.8 Å². The molecule has 2 atom stereocenters. The molecule has 7 nitrogen and oxygen atoms in total. The number of hydrogen-bond donors (Lipinski definition) is 0. The summed E-state index contributed by atoms with van der Waals surface area (Å²) in [4.78, 5) is 27.5. The van der Waals surface area contributed by atoms with Crippen molar-refractivity contribution in [3.63, 3.8) is 0 Å². The number of aromatic nitrogens is 4. The van der Waals surface area contributed by atoms with Crippen LogP contribution in [0.5, 0.6) is 0 Å². The van der Waals surface area contributed by atoms with Gasteiger partial charge < -0.3 is 4.90 Å². The van der Waals surface area contributed by atoms with Gasteiger partial charge in [0.05, 0.1) is 10.0 Å². The molecular formula is C19H21Cl2N5O2. The smallest absolute Gasteiger partial charge is 0.320 e. The second-order valence-corrected chi connectivity index (χ2v) is 7.49. The lowest BCUT2D eigenvalue weighted by atomic mass is 9.85.